The summed E-state index contributed by atoms with van der Waals surface area (Å²) in [6.07, 6.45) is 1.91. The first-order chi connectivity index (χ1) is 12.5. The van der Waals surface area contributed by atoms with Crippen molar-refractivity contribution in [1.29, 1.82) is 0 Å². The Balaban J connectivity index is 1.86. The summed E-state index contributed by atoms with van der Waals surface area (Å²) in [6.45, 7) is 2.93. The van der Waals surface area contributed by atoms with Crippen molar-refractivity contribution >= 4 is 23.2 Å². The molecule has 0 atom stereocenters. The molecule has 0 saturated carbocycles. The lowest BCUT2D eigenvalue weighted by molar-refractivity contribution is 0.211. The third-order valence-corrected chi connectivity index (χ3v) is 4.29. The van der Waals surface area contributed by atoms with E-state index >= 15 is 0 Å². The maximum atomic E-state index is 6.06. The molecule has 26 heavy (non-hydrogen) atoms. The highest BCUT2D eigenvalue weighted by Gasteiger charge is 2.09. The van der Waals surface area contributed by atoms with Gasteiger partial charge in [-0.2, -0.15) is 0 Å². The van der Waals surface area contributed by atoms with E-state index in [2.05, 4.69) is 44.8 Å². The molecule has 1 aromatic carbocycles. The number of nitrogens with one attached hydrogen (secondary N) is 2. The third kappa shape index (κ3) is 5.97. The Morgan fingerprint density at radius 2 is 2.04 bits per heavy atom. The highest BCUT2D eigenvalue weighted by molar-refractivity contribution is 6.30. The van der Waals surface area contributed by atoms with Crippen LogP contribution in [-0.2, 0) is 24.9 Å². The average molecular weight is 378 g/mol. The molecule has 0 aliphatic carbocycles. The number of guanidine groups is 1. The molecule has 2 N–H and O–H groups in total. The number of aliphatic imine (C=N–C) groups is 1. The molecule has 0 bridgehead atoms. The number of nitrogens with zero attached hydrogens (tertiary/aromatic N) is 3. The van der Waals surface area contributed by atoms with Crippen LogP contribution in [0.5, 0.6) is 0 Å². The van der Waals surface area contributed by atoms with Crippen molar-refractivity contribution in [3.05, 3.63) is 52.8 Å². The molecule has 0 aliphatic rings. The van der Waals surface area contributed by atoms with Crippen molar-refractivity contribution in [2.24, 2.45) is 12.0 Å². The fraction of sp³-hybridized carbons (Fsp3) is 0.421. The summed E-state index contributed by atoms with van der Waals surface area (Å²) in [5.74, 6) is 0.838. The second-order valence-corrected chi connectivity index (χ2v) is 6.57. The van der Waals surface area contributed by atoms with Crippen molar-refractivity contribution in [1.82, 2.24) is 14.8 Å². The molecule has 0 unspecified atom stereocenters. The minimum atomic E-state index is 0.693. The summed E-state index contributed by atoms with van der Waals surface area (Å²) in [7, 11) is 7.50. The van der Waals surface area contributed by atoms with Crippen LogP contribution in [0.25, 0.3) is 0 Å². The van der Waals surface area contributed by atoms with Crippen LogP contribution in [0.4, 0.5) is 5.69 Å². The van der Waals surface area contributed by atoms with Gasteiger partial charge in [0.2, 0.25) is 0 Å². The van der Waals surface area contributed by atoms with Crippen LogP contribution in [0.2, 0.25) is 5.02 Å². The van der Waals surface area contributed by atoms with Crippen LogP contribution in [-0.4, -0.2) is 49.8 Å². The van der Waals surface area contributed by atoms with E-state index in [1.54, 1.807) is 14.2 Å². The van der Waals surface area contributed by atoms with Crippen LogP contribution in [0.1, 0.15) is 11.3 Å². The predicted octanol–water partition coefficient (Wildman–Crippen LogP) is 2.94. The Bertz CT molecular complexity index is 711. The Morgan fingerprint density at radius 1 is 1.31 bits per heavy atom. The number of benzene rings is 1. The second-order valence-electron chi connectivity index (χ2n) is 6.13. The first-order valence-electron chi connectivity index (χ1n) is 8.57. The van der Waals surface area contributed by atoms with Gasteiger partial charge in [-0.25, -0.2) is 0 Å². The Hall–Kier alpha value is -2.18. The van der Waals surface area contributed by atoms with Crippen LogP contribution in [0.3, 0.4) is 0 Å². The molecule has 0 amide bonds. The number of hydrogen-bond acceptors (Lipinski definition) is 3. The fourth-order valence-corrected chi connectivity index (χ4v) is 2.92. The zero-order valence-electron chi connectivity index (χ0n) is 15.9. The smallest absolute Gasteiger partial charge is 0.194 e. The standard InChI is InChI=1S/C19H28ClN5O/c1-21-19(25(3)14-18-11-16(20)13-24(18)2)23-12-15-5-7-17(8-6-15)22-9-10-26-4/h5-8,11,13,22H,9-10,12,14H2,1-4H3,(H,21,23). The largest absolute Gasteiger partial charge is 0.383 e. The molecular weight excluding hydrogens is 350 g/mol. The number of aromatic nitrogens is 1. The minimum Gasteiger partial charge on any atom is -0.383 e. The average Bonchev–Trinajstić information content (AvgIpc) is 2.94. The molecule has 0 fully saturated rings. The Morgan fingerprint density at radius 3 is 2.62 bits per heavy atom. The molecule has 1 aromatic heterocycles. The lowest BCUT2D eigenvalue weighted by atomic mass is 10.2. The van der Waals surface area contributed by atoms with Crippen molar-refractivity contribution in [3.8, 4) is 0 Å². The van der Waals surface area contributed by atoms with Crippen LogP contribution in [0, 0.1) is 0 Å². The number of aryl methyl sites for hydroxylation is 1. The molecule has 142 valence electrons. The SMILES string of the molecule is CN=C(NCc1ccc(NCCOC)cc1)N(C)Cc1cc(Cl)cn1C. The quantitative estimate of drug-likeness (QED) is 0.422. The summed E-state index contributed by atoms with van der Waals surface area (Å²) in [6, 6.07) is 10.3. The van der Waals surface area contributed by atoms with E-state index in [0.29, 0.717) is 13.2 Å². The first kappa shape index (κ1) is 20.1. The van der Waals surface area contributed by atoms with Gasteiger partial charge in [0.05, 0.1) is 18.2 Å². The predicted molar refractivity (Wildman–Crippen MR) is 109 cm³/mol. The molecule has 2 aromatic rings. The van der Waals surface area contributed by atoms with Crippen LogP contribution in [0.15, 0.2) is 41.5 Å². The van der Waals surface area contributed by atoms with Gasteiger partial charge in [-0.15, -0.1) is 0 Å². The normalized spacial score (nSPS) is 11.5. The maximum absolute atomic E-state index is 6.06. The van der Waals surface area contributed by atoms with Crippen molar-refractivity contribution in [2.45, 2.75) is 13.1 Å². The number of ether oxygens (including phenoxy) is 1. The molecule has 6 nitrogen and oxygen atoms in total. The number of methoxy groups -OCH3 is 1. The van der Waals surface area contributed by atoms with Gasteiger partial charge in [-0.3, -0.25) is 4.99 Å². The third-order valence-electron chi connectivity index (χ3n) is 4.09. The molecule has 0 saturated heterocycles. The highest BCUT2D eigenvalue weighted by Crippen LogP contribution is 2.14. The van der Waals surface area contributed by atoms with Gasteiger partial charge in [-0.05, 0) is 23.8 Å². The summed E-state index contributed by atoms with van der Waals surface area (Å²) in [4.78, 5) is 6.44. The summed E-state index contributed by atoms with van der Waals surface area (Å²) in [5.41, 5.74) is 3.42. The highest BCUT2D eigenvalue weighted by atomic mass is 35.5. The first-order valence-corrected chi connectivity index (χ1v) is 8.95. The molecule has 7 heteroatoms. The van der Waals surface area contributed by atoms with Gasteiger partial charge < -0.3 is 24.8 Å². The van der Waals surface area contributed by atoms with Crippen LogP contribution < -0.4 is 10.6 Å². The van der Waals surface area contributed by atoms with E-state index in [1.165, 1.54) is 5.56 Å². The van der Waals surface area contributed by atoms with Crippen LogP contribution >= 0.6 is 11.6 Å². The molecule has 1 heterocycles. The van der Waals surface area contributed by atoms with Crippen molar-refractivity contribution < 1.29 is 4.74 Å². The van der Waals surface area contributed by atoms with Gasteiger partial charge in [0, 0.05) is 58.9 Å². The van der Waals surface area contributed by atoms with E-state index in [-0.39, 0.29) is 0 Å². The molecule has 0 radical (unpaired) electrons. The topological polar surface area (TPSA) is 53.8 Å². The Kier molecular flexibility index (Phi) is 7.81. The van der Waals surface area contributed by atoms with E-state index in [1.807, 2.05) is 30.9 Å². The lowest BCUT2D eigenvalue weighted by Gasteiger charge is -2.22. The summed E-state index contributed by atoms with van der Waals surface area (Å²) in [5, 5.41) is 7.46. The van der Waals surface area contributed by atoms with Crippen molar-refractivity contribution in [3.63, 3.8) is 0 Å². The zero-order valence-corrected chi connectivity index (χ0v) is 16.7. The number of rotatable bonds is 8. The second kappa shape index (κ2) is 10.1. The lowest BCUT2D eigenvalue weighted by Crippen LogP contribution is -2.38. The minimum absolute atomic E-state index is 0.693. The number of hydrogen-bond donors (Lipinski definition) is 2. The number of halogens is 1. The zero-order chi connectivity index (χ0) is 18.9. The summed E-state index contributed by atoms with van der Waals surface area (Å²) >= 11 is 6.06. The van der Waals surface area contributed by atoms with Gasteiger partial charge in [-0.1, -0.05) is 23.7 Å². The molecule has 2 rings (SSSR count). The summed E-state index contributed by atoms with van der Waals surface area (Å²) < 4.78 is 7.07. The number of anilines is 1. The maximum Gasteiger partial charge on any atom is 0.194 e. The van der Waals surface area contributed by atoms with E-state index in [4.69, 9.17) is 16.3 Å². The fourth-order valence-electron chi connectivity index (χ4n) is 2.64. The molecule has 0 spiro atoms. The van der Waals surface area contributed by atoms with Gasteiger partial charge in [0.25, 0.3) is 0 Å². The van der Waals surface area contributed by atoms with E-state index < -0.39 is 0 Å². The Labute approximate surface area is 160 Å². The monoisotopic (exact) mass is 377 g/mol. The molecule has 0 aliphatic heterocycles. The molecular formula is C19H28ClN5O. The van der Waals surface area contributed by atoms with Gasteiger partial charge in [0.1, 0.15) is 0 Å². The van der Waals surface area contributed by atoms with Gasteiger partial charge in [0.15, 0.2) is 5.96 Å². The van der Waals surface area contributed by atoms with E-state index in [0.717, 1.165) is 35.5 Å². The van der Waals surface area contributed by atoms with E-state index in [9.17, 15) is 0 Å². The van der Waals surface area contributed by atoms with Crippen molar-refractivity contribution in [2.75, 3.05) is 39.7 Å². The van der Waals surface area contributed by atoms with Gasteiger partial charge >= 0.3 is 0 Å².